The first kappa shape index (κ1) is 18.8. The number of nitrogens with zero attached hydrogens (tertiary/aromatic N) is 1. The molecule has 0 aromatic heterocycles. The van der Waals surface area contributed by atoms with Gasteiger partial charge in [-0.05, 0) is 36.6 Å². The van der Waals surface area contributed by atoms with Crippen LogP contribution < -0.4 is 9.80 Å². The van der Waals surface area contributed by atoms with Crippen molar-refractivity contribution in [3.05, 3.63) is 58.7 Å². The lowest BCUT2D eigenvalue weighted by Gasteiger charge is -2.20. The molecule has 0 fully saturated rings. The van der Waals surface area contributed by atoms with Crippen molar-refractivity contribution in [3.63, 3.8) is 0 Å². The van der Waals surface area contributed by atoms with Gasteiger partial charge in [-0.3, -0.25) is 5.21 Å². The number of carbonyl (C=O) groups excluding carboxylic acids is 1. The van der Waals surface area contributed by atoms with Crippen LogP contribution in [-0.2, 0) is 24.4 Å². The second-order valence-corrected chi connectivity index (χ2v) is 5.61. The number of hydrogen-bond acceptors (Lipinski definition) is 5. The zero-order valence-electron chi connectivity index (χ0n) is 14.7. The molecule has 6 nitrogen and oxygen atoms in total. The van der Waals surface area contributed by atoms with E-state index >= 15 is 0 Å². The molecule has 0 heterocycles. The first-order valence-corrected chi connectivity index (χ1v) is 8.02. The van der Waals surface area contributed by atoms with Gasteiger partial charge >= 0.3 is 6.09 Å². The van der Waals surface area contributed by atoms with Crippen molar-refractivity contribution >= 4 is 11.8 Å². The van der Waals surface area contributed by atoms with E-state index in [-0.39, 0.29) is 18.9 Å². The second-order valence-electron chi connectivity index (χ2n) is 5.61. The van der Waals surface area contributed by atoms with Gasteiger partial charge < -0.3 is 14.6 Å². The van der Waals surface area contributed by atoms with E-state index in [0.29, 0.717) is 16.2 Å². The SMILES string of the molecule is CCc1cc(C)ccc1OCc1c(CO)cccc1N(O)C(=O)OC. The van der Waals surface area contributed by atoms with Crippen LogP contribution in [0.4, 0.5) is 10.5 Å². The van der Waals surface area contributed by atoms with Crippen LogP contribution in [0.1, 0.15) is 29.2 Å². The number of ether oxygens (including phenoxy) is 2. The molecule has 6 heteroatoms. The molecule has 0 radical (unpaired) electrons. The van der Waals surface area contributed by atoms with Crippen LogP contribution in [0.25, 0.3) is 0 Å². The van der Waals surface area contributed by atoms with Gasteiger partial charge in [0.15, 0.2) is 0 Å². The molecule has 2 N–H and O–H groups in total. The lowest BCUT2D eigenvalue weighted by Crippen LogP contribution is -2.28. The highest BCUT2D eigenvalue weighted by Crippen LogP contribution is 2.27. The summed E-state index contributed by atoms with van der Waals surface area (Å²) < 4.78 is 10.5. The van der Waals surface area contributed by atoms with Crippen LogP contribution in [0.3, 0.4) is 0 Å². The molecule has 1 amide bonds. The number of rotatable bonds is 6. The number of hydroxylamine groups is 1. The van der Waals surface area contributed by atoms with E-state index in [1.54, 1.807) is 18.2 Å². The summed E-state index contributed by atoms with van der Waals surface area (Å²) in [5.74, 6) is 0.731. The van der Waals surface area contributed by atoms with Gasteiger partial charge in [0.25, 0.3) is 0 Å². The van der Waals surface area contributed by atoms with Crippen molar-refractivity contribution in [1.29, 1.82) is 0 Å². The number of carbonyl (C=O) groups is 1. The van der Waals surface area contributed by atoms with Crippen molar-refractivity contribution in [2.24, 2.45) is 0 Å². The summed E-state index contributed by atoms with van der Waals surface area (Å²) in [5, 5.41) is 20.0. The predicted molar refractivity (Wildman–Crippen MR) is 93.9 cm³/mol. The summed E-state index contributed by atoms with van der Waals surface area (Å²) in [5.41, 5.74) is 3.50. The Morgan fingerprint density at radius 3 is 2.60 bits per heavy atom. The van der Waals surface area contributed by atoms with Gasteiger partial charge in [-0.2, -0.15) is 5.06 Å². The summed E-state index contributed by atoms with van der Waals surface area (Å²) in [4.78, 5) is 11.6. The van der Waals surface area contributed by atoms with Gasteiger partial charge in [0.05, 0.1) is 19.4 Å². The van der Waals surface area contributed by atoms with Crippen molar-refractivity contribution < 1.29 is 24.6 Å². The molecule has 25 heavy (non-hydrogen) atoms. The Bertz CT molecular complexity index is 745. The minimum Gasteiger partial charge on any atom is -0.489 e. The van der Waals surface area contributed by atoms with Gasteiger partial charge in [0, 0.05) is 5.56 Å². The molecule has 0 aliphatic heterocycles. The van der Waals surface area contributed by atoms with Crippen LogP contribution in [0, 0.1) is 6.92 Å². The number of aliphatic hydroxyl groups excluding tert-OH is 1. The van der Waals surface area contributed by atoms with Crippen molar-refractivity contribution in [2.45, 2.75) is 33.5 Å². The molecule has 0 aliphatic rings. The molecule has 0 bridgehead atoms. The first-order valence-electron chi connectivity index (χ1n) is 8.02. The van der Waals surface area contributed by atoms with Crippen molar-refractivity contribution in [1.82, 2.24) is 0 Å². The van der Waals surface area contributed by atoms with Crippen LogP contribution in [-0.4, -0.2) is 23.5 Å². The molecular weight excluding hydrogens is 322 g/mol. The van der Waals surface area contributed by atoms with Gasteiger partial charge in [-0.1, -0.05) is 36.8 Å². The zero-order valence-corrected chi connectivity index (χ0v) is 14.7. The minimum absolute atomic E-state index is 0.0934. The van der Waals surface area contributed by atoms with E-state index in [1.165, 1.54) is 7.11 Å². The number of hydrogen-bond donors (Lipinski definition) is 2. The highest BCUT2D eigenvalue weighted by molar-refractivity contribution is 5.86. The van der Waals surface area contributed by atoms with Gasteiger partial charge in [0.1, 0.15) is 12.4 Å². The molecule has 0 saturated carbocycles. The lowest BCUT2D eigenvalue weighted by atomic mass is 10.1. The number of anilines is 1. The molecule has 0 atom stereocenters. The molecule has 0 unspecified atom stereocenters. The average molecular weight is 345 g/mol. The standard InChI is InChI=1S/C19H23NO5/c1-4-14-10-13(2)8-9-18(14)25-12-16-15(11-21)6-5-7-17(16)20(23)19(22)24-3/h5-10,21,23H,4,11-12H2,1-3H3. The number of aryl methyl sites for hydroxylation is 2. The van der Waals surface area contributed by atoms with Crippen molar-refractivity contribution in [3.8, 4) is 5.75 Å². The molecule has 0 aliphatic carbocycles. The molecule has 2 aromatic carbocycles. The van der Waals surface area contributed by atoms with Crippen LogP contribution in [0.2, 0.25) is 0 Å². The number of aliphatic hydroxyl groups is 1. The van der Waals surface area contributed by atoms with E-state index in [0.717, 1.165) is 23.3 Å². The van der Waals surface area contributed by atoms with Gasteiger partial charge in [0.2, 0.25) is 0 Å². The van der Waals surface area contributed by atoms with E-state index in [4.69, 9.17) is 4.74 Å². The fourth-order valence-electron chi connectivity index (χ4n) is 2.59. The Hall–Kier alpha value is -2.57. The quantitative estimate of drug-likeness (QED) is 0.618. The number of amides is 1. The van der Waals surface area contributed by atoms with E-state index < -0.39 is 6.09 Å². The van der Waals surface area contributed by atoms with Crippen LogP contribution >= 0.6 is 0 Å². The normalized spacial score (nSPS) is 10.4. The third-order valence-corrected chi connectivity index (χ3v) is 3.96. The topological polar surface area (TPSA) is 79.2 Å². The monoisotopic (exact) mass is 345 g/mol. The Balaban J connectivity index is 2.34. The molecule has 2 rings (SSSR count). The summed E-state index contributed by atoms with van der Waals surface area (Å²) in [6.07, 6.45) is -0.0966. The predicted octanol–water partition coefficient (Wildman–Crippen LogP) is 3.59. The first-order chi connectivity index (χ1) is 12.0. The van der Waals surface area contributed by atoms with Crippen LogP contribution in [0.5, 0.6) is 5.75 Å². The Labute approximate surface area is 147 Å². The maximum atomic E-state index is 11.6. The van der Waals surface area contributed by atoms with Crippen LogP contribution in [0.15, 0.2) is 36.4 Å². The van der Waals surface area contributed by atoms with E-state index in [1.807, 2.05) is 26.0 Å². The highest BCUT2D eigenvalue weighted by Gasteiger charge is 2.20. The fraction of sp³-hybridized carbons (Fsp3) is 0.316. The molecule has 0 saturated heterocycles. The molecular formula is C19H23NO5. The Kier molecular flexibility index (Phi) is 6.38. The zero-order chi connectivity index (χ0) is 18.4. The third-order valence-electron chi connectivity index (χ3n) is 3.96. The number of methoxy groups -OCH3 is 1. The molecule has 2 aromatic rings. The van der Waals surface area contributed by atoms with E-state index in [2.05, 4.69) is 10.8 Å². The fourth-order valence-corrected chi connectivity index (χ4v) is 2.59. The summed E-state index contributed by atoms with van der Waals surface area (Å²) in [7, 11) is 1.18. The lowest BCUT2D eigenvalue weighted by molar-refractivity contribution is 0.140. The maximum Gasteiger partial charge on any atom is 0.438 e. The van der Waals surface area contributed by atoms with Gasteiger partial charge in [-0.25, -0.2) is 4.79 Å². The highest BCUT2D eigenvalue weighted by atomic mass is 16.6. The Morgan fingerprint density at radius 2 is 1.96 bits per heavy atom. The molecule has 0 spiro atoms. The summed E-state index contributed by atoms with van der Waals surface area (Å²) in [6.45, 7) is 3.91. The van der Waals surface area contributed by atoms with Crippen molar-refractivity contribution in [2.75, 3.05) is 12.2 Å². The second kappa shape index (κ2) is 8.50. The number of benzene rings is 2. The Morgan fingerprint density at radius 1 is 1.20 bits per heavy atom. The van der Waals surface area contributed by atoms with Gasteiger partial charge in [-0.15, -0.1) is 0 Å². The minimum atomic E-state index is -0.916. The summed E-state index contributed by atoms with van der Waals surface area (Å²) in [6, 6.07) is 10.8. The largest absolute Gasteiger partial charge is 0.489 e. The molecule has 134 valence electrons. The smallest absolute Gasteiger partial charge is 0.438 e. The average Bonchev–Trinajstić information content (AvgIpc) is 2.65. The third kappa shape index (κ3) is 4.29. The van der Waals surface area contributed by atoms with E-state index in [9.17, 15) is 15.1 Å². The maximum absolute atomic E-state index is 11.6. The summed E-state index contributed by atoms with van der Waals surface area (Å²) >= 11 is 0.